The van der Waals surface area contributed by atoms with Crippen molar-refractivity contribution >= 4 is 70.9 Å². The SMILES string of the molecule is CC(C)C[C@H](NC(=O)[C@H](CC(N)=O)NC(=O)[C@H](Cc1ccccc1)NC(=O)CN)C(=O)N[C@@H](CC(N)=O)C(=O)NCC(=O)NCC(=O)NCC(=O)N[C@H](C(=O)NCC(=O)O)C(C)C. The fourth-order valence-corrected chi connectivity index (χ4v) is 5.46. The number of hydrogen-bond donors (Lipinski definition) is 13. The summed E-state index contributed by atoms with van der Waals surface area (Å²) in [4.78, 5) is 150. The Kier molecular flexibility index (Phi) is 23.6. The van der Waals surface area contributed by atoms with E-state index in [4.69, 9.17) is 22.3 Å². The lowest BCUT2D eigenvalue weighted by molar-refractivity contribution is -0.138. The second-order valence-electron chi connectivity index (χ2n) is 14.8. The van der Waals surface area contributed by atoms with Crippen molar-refractivity contribution in [1.29, 1.82) is 0 Å². The number of rotatable bonds is 28. The van der Waals surface area contributed by atoms with E-state index in [9.17, 15) is 57.5 Å². The first-order chi connectivity index (χ1) is 29.5. The van der Waals surface area contributed by atoms with Crippen LogP contribution in [-0.2, 0) is 64.0 Å². The third-order valence-corrected chi connectivity index (χ3v) is 8.53. The highest BCUT2D eigenvalue weighted by Gasteiger charge is 2.33. The monoisotopic (exact) mass is 890 g/mol. The highest BCUT2D eigenvalue weighted by Crippen LogP contribution is 2.09. The molecule has 0 aromatic heterocycles. The van der Waals surface area contributed by atoms with Crippen LogP contribution in [0.1, 0.15) is 52.5 Å². The molecule has 0 fully saturated rings. The molecule has 25 heteroatoms. The first kappa shape index (κ1) is 53.8. The summed E-state index contributed by atoms with van der Waals surface area (Å²) in [6, 6.07) is 1.43. The van der Waals surface area contributed by atoms with Crippen molar-refractivity contribution in [3.63, 3.8) is 0 Å². The third kappa shape index (κ3) is 22.3. The fourth-order valence-electron chi connectivity index (χ4n) is 5.46. The zero-order chi connectivity index (χ0) is 47.8. The molecule has 63 heavy (non-hydrogen) atoms. The van der Waals surface area contributed by atoms with Gasteiger partial charge in [0.2, 0.25) is 65.0 Å². The maximum atomic E-state index is 13.6. The zero-order valence-electron chi connectivity index (χ0n) is 35.4. The van der Waals surface area contributed by atoms with E-state index in [-0.39, 0.29) is 18.8 Å². The van der Waals surface area contributed by atoms with Crippen molar-refractivity contribution in [3.05, 3.63) is 35.9 Å². The number of hydrogen-bond acceptors (Lipinski definition) is 13. The van der Waals surface area contributed by atoms with E-state index in [2.05, 4.69) is 47.9 Å². The molecule has 0 saturated heterocycles. The van der Waals surface area contributed by atoms with Gasteiger partial charge < -0.3 is 70.2 Å². The molecule has 0 aliphatic rings. The summed E-state index contributed by atoms with van der Waals surface area (Å²) >= 11 is 0. The van der Waals surface area contributed by atoms with Crippen molar-refractivity contribution in [3.8, 4) is 0 Å². The maximum absolute atomic E-state index is 13.6. The second kappa shape index (κ2) is 27.6. The Morgan fingerprint density at radius 2 is 0.984 bits per heavy atom. The molecule has 16 N–H and O–H groups in total. The van der Waals surface area contributed by atoms with Crippen LogP contribution in [0.4, 0.5) is 0 Å². The Morgan fingerprint density at radius 1 is 0.524 bits per heavy atom. The Bertz CT molecular complexity index is 1830. The number of benzene rings is 1. The van der Waals surface area contributed by atoms with Crippen LogP contribution in [0.15, 0.2) is 30.3 Å². The number of carbonyl (C=O) groups is 12. The minimum atomic E-state index is -1.68. The molecule has 0 aliphatic heterocycles. The quantitative estimate of drug-likeness (QED) is 0.0372. The number of carboxylic acids is 1. The van der Waals surface area contributed by atoms with Gasteiger partial charge in [0.1, 0.15) is 36.8 Å². The summed E-state index contributed by atoms with van der Waals surface area (Å²) in [6.07, 6.45) is -1.57. The summed E-state index contributed by atoms with van der Waals surface area (Å²) in [5, 5.41) is 29.4. The van der Waals surface area contributed by atoms with Gasteiger partial charge in [0.15, 0.2) is 0 Å². The molecule has 0 saturated carbocycles. The Balaban J connectivity index is 2.95. The molecule has 1 aromatic rings. The molecule has 1 rings (SSSR count). The van der Waals surface area contributed by atoms with E-state index in [1.54, 1.807) is 58.0 Å². The van der Waals surface area contributed by atoms with Crippen LogP contribution in [0.5, 0.6) is 0 Å². The molecule has 0 unspecified atom stereocenters. The highest BCUT2D eigenvalue weighted by atomic mass is 16.4. The van der Waals surface area contributed by atoms with E-state index >= 15 is 0 Å². The fraction of sp³-hybridized carbons (Fsp3) is 0.526. The Labute approximate surface area is 362 Å². The van der Waals surface area contributed by atoms with Gasteiger partial charge in [-0.05, 0) is 23.8 Å². The minimum Gasteiger partial charge on any atom is -0.480 e. The van der Waals surface area contributed by atoms with Crippen LogP contribution in [0.3, 0.4) is 0 Å². The number of amides is 11. The number of carboxylic acid groups (broad SMARTS) is 1. The molecular formula is C38H58N12O13. The molecule has 0 aliphatic carbocycles. The number of nitrogens with two attached hydrogens (primary N) is 3. The van der Waals surface area contributed by atoms with Gasteiger partial charge in [0, 0.05) is 6.42 Å². The molecule has 0 bridgehead atoms. The molecule has 0 spiro atoms. The summed E-state index contributed by atoms with van der Waals surface area (Å²) < 4.78 is 0. The summed E-state index contributed by atoms with van der Waals surface area (Å²) in [6.45, 7) is 3.42. The van der Waals surface area contributed by atoms with Crippen molar-refractivity contribution in [2.75, 3.05) is 32.7 Å². The van der Waals surface area contributed by atoms with Crippen LogP contribution in [0, 0.1) is 11.8 Å². The van der Waals surface area contributed by atoms with Crippen molar-refractivity contribution in [2.24, 2.45) is 29.0 Å². The van der Waals surface area contributed by atoms with E-state index in [0.717, 1.165) is 0 Å². The van der Waals surface area contributed by atoms with Crippen molar-refractivity contribution in [2.45, 2.75) is 83.6 Å². The zero-order valence-corrected chi connectivity index (χ0v) is 35.4. The molecule has 11 amide bonds. The smallest absolute Gasteiger partial charge is 0.322 e. The molecule has 0 radical (unpaired) electrons. The topological polar surface area (TPSA) is 411 Å². The predicted molar refractivity (Wildman–Crippen MR) is 220 cm³/mol. The maximum Gasteiger partial charge on any atom is 0.322 e. The average molecular weight is 891 g/mol. The number of primary amides is 2. The van der Waals surface area contributed by atoms with Crippen molar-refractivity contribution in [1.82, 2.24) is 47.9 Å². The molecular weight excluding hydrogens is 832 g/mol. The number of aliphatic carboxylic acids is 1. The van der Waals surface area contributed by atoms with Crippen molar-refractivity contribution < 1.29 is 62.6 Å². The summed E-state index contributed by atoms with van der Waals surface area (Å²) in [7, 11) is 0. The lowest BCUT2D eigenvalue weighted by Crippen LogP contribution is -2.59. The lowest BCUT2D eigenvalue weighted by atomic mass is 10.0. The number of nitrogens with one attached hydrogen (secondary N) is 9. The minimum absolute atomic E-state index is 0.0226. The van der Waals surface area contributed by atoms with Gasteiger partial charge in [-0.1, -0.05) is 58.0 Å². The van der Waals surface area contributed by atoms with E-state index in [1.165, 1.54) is 0 Å². The summed E-state index contributed by atoms with van der Waals surface area (Å²) in [5.74, 6) is -12.0. The van der Waals surface area contributed by atoms with Gasteiger partial charge in [-0.25, -0.2) is 0 Å². The first-order valence-corrected chi connectivity index (χ1v) is 19.6. The molecule has 5 atom stereocenters. The summed E-state index contributed by atoms with van der Waals surface area (Å²) in [5.41, 5.74) is 16.7. The van der Waals surface area contributed by atoms with Gasteiger partial charge in [-0.15, -0.1) is 0 Å². The normalized spacial score (nSPS) is 13.1. The van der Waals surface area contributed by atoms with Crippen LogP contribution in [0.2, 0.25) is 0 Å². The van der Waals surface area contributed by atoms with E-state index in [1.807, 2.05) is 0 Å². The van der Waals surface area contributed by atoms with Gasteiger partial charge in [0.05, 0.1) is 39.0 Å². The molecule has 1 aromatic carbocycles. The van der Waals surface area contributed by atoms with E-state index in [0.29, 0.717) is 5.56 Å². The molecule has 348 valence electrons. The second-order valence-corrected chi connectivity index (χ2v) is 14.8. The lowest BCUT2D eigenvalue weighted by Gasteiger charge is -2.26. The molecule has 25 nitrogen and oxygen atoms in total. The van der Waals surface area contributed by atoms with Crippen LogP contribution >= 0.6 is 0 Å². The Hall–Kier alpha value is -7.18. The molecule has 0 heterocycles. The Morgan fingerprint density at radius 3 is 1.48 bits per heavy atom. The predicted octanol–water partition coefficient (Wildman–Crippen LogP) is -6.39. The van der Waals surface area contributed by atoms with E-state index < -0.39 is 153 Å². The van der Waals surface area contributed by atoms with Gasteiger partial charge in [-0.3, -0.25) is 57.5 Å². The van der Waals surface area contributed by atoms with Crippen LogP contribution in [0.25, 0.3) is 0 Å². The third-order valence-electron chi connectivity index (χ3n) is 8.53. The standard InChI is InChI=1S/C38H58N12O13/c1-19(2)10-22(47-37(62)25(13-27(41)52)49-36(61)23(46-28(53)14-39)11-21-8-6-5-7-9-21)35(60)48-24(12-26(40)51)34(59)44-16-30(55)42-15-29(54)43-17-31(56)50-33(20(3)4)38(63)45-18-32(57)58/h5-9,19-20,22-25,33H,10-18,39H2,1-4H3,(H2,40,51)(H2,41,52)(H,42,55)(H,43,54)(H,44,59)(H,45,63)(H,46,53)(H,47,62)(H,48,60)(H,49,61)(H,50,56)(H,57,58)/t22-,23-,24-,25-,33-/m0/s1. The highest BCUT2D eigenvalue weighted by molar-refractivity contribution is 5.99. The van der Waals surface area contributed by atoms with Crippen LogP contribution in [-0.4, -0.2) is 139 Å². The van der Waals surface area contributed by atoms with Gasteiger partial charge >= 0.3 is 5.97 Å². The van der Waals surface area contributed by atoms with Gasteiger partial charge in [0.25, 0.3) is 0 Å². The first-order valence-electron chi connectivity index (χ1n) is 19.6. The van der Waals surface area contributed by atoms with Gasteiger partial charge in [-0.2, -0.15) is 0 Å². The van der Waals surface area contributed by atoms with Crippen LogP contribution < -0.4 is 65.1 Å². The number of carbonyl (C=O) groups excluding carboxylic acids is 11. The largest absolute Gasteiger partial charge is 0.480 e. The average Bonchev–Trinajstić information content (AvgIpc) is 3.20.